The van der Waals surface area contributed by atoms with Crippen molar-refractivity contribution in [2.45, 2.75) is 18.9 Å². The highest BCUT2D eigenvalue weighted by atomic mass is 16.6. The molecular formula is C10H12N4O3. The van der Waals surface area contributed by atoms with Gasteiger partial charge < -0.3 is 10.6 Å². The Kier molecular flexibility index (Phi) is 3.17. The molecule has 0 bridgehead atoms. The molecule has 0 aromatic carbocycles. The first-order chi connectivity index (χ1) is 8.16. The third kappa shape index (κ3) is 3.13. The second kappa shape index (κ2) is 4.77. The smallest absolute Gasteiger partial charge is 0.310 e. The molecule has 1 aliphatic carbocycles. The van der Waals surface area contributed by atoms with Gasteiger partial charge in [0.25, 0.3) is 0 Å². The van der Waals surface area contributed by atoms with Crippen LogP contribution in [0.25, 0.3) is 0 Å². The van der Waals surface area contributed by atoms with Crippen LogP contribution in [0.4, 0.5) is 11.4 Å². The van der Waals surface area contributed by atoms with Gasteiger partial charge in [-0.15, -0.1) is 0 Å². The van der Waals surface area contributed by atoms with E-state index < -0.39 is 4.92 Å². The number of carbonyl (C=O) groups excluding carboxylic acids is 1. The molecule has 1 heterocycles. The molecule has 0 saturated heterocycles. The molecule has 1 aliphatic rings. The summed E-state index contributed by atoms with van der Waals surface area (Å²) in [6, 6.07) is 1.76. The summed E-state index contributed by atoms with van der Waals surface area (Å²) >= 11 is 0. The van der Waals surface area contributed by atoms with Crippen LogP contribution in [0.3, 0.4) is 0 Å². The molecule has 1 aromatic heterocycles. The Morgan fingerprint density at radius 1 is 1.59 bits per heavy atom. The molecule has 1 fully saturated rings. The van der Waals surface area contributed by atoms with Crippen LogP contribution in [0.5, 0.6) is 0 Å². The lowest BCUT2D eigenvalue weighted by Gasteiger charge is -2.06. The van der Waals surface area contributed by atoms with Crippen LogP contribution in [0, 0.1) is 10.1 Å². The number of amides is 1. The number of nitro groups is 1. The summed E-state index contributed by atoms with van der Waals surface area (Å²) in [6.45, 7) is 0.0291. The molecule has 1 amide bonds. The van der Waals surface area contributed by atoms with E-state index in [9.17, 15) is 14.9 Å². The lowest BCUT2D eigenvalue weighted by molar-refractivity contribution is -0.384. The van der Waals surface area contributed by atoms with Gasteiger partial charge in [0.05, 0.1) is 11.5 Å². The van der Waals surface area contributed by atoms with Crippen molar-refractivity contribution in [1.29, 1.82) is 0 Å². The third-order valence-corrected chi connectivity index (χ3v) is 2.38. The van der Waals surface area contributed by atoms with Gasteiger partial charge in [-0.3, -0.25) is 19.9 Å². The largest absolute Gasteiger partial charge is 0.370 e. The Morgan fingerprint density at radius 3 is 3.00 bits per heavy atom. The summed E-state index contributed by atoms with van der Waals surface area (Å²) in [4.78, 5) is 25.2. The third-order valence-electron chi connectivity index (χ3n) is 2.38. The Balaban J connectivity index is 1.93. The number of aromatic nitrogens is 1. The Morgan fingerprint density at radius 2 is 2.35 bits per heavy atom. The minimum absolute atomic E-state index is 0.0291. The number of anilines is 1. The fourth-order valence-corrected chi connectivity index (χ4v) is 1.36. The quantitative estimate of drug-likeness (QED) is 0.578. The zero-order chi connectivity index (χ0) is 12.3. The Labute approximate surface area is 97.4 Å². The standard InChI is InChI=1S/C10H12N4O3/c15-10(13-7-1-2-7)6-12-8-3-4-11-5-9(8)14(16)17/h3-5,7H,1-2,6H2,(H,11,12)(H,13,15). The van der Waals surface area contributed by atoms with E-state index in [2.05, 4.69) is 15.6 Å². The molecule has 90 valence electrons. The molecule has 2 rings (SSSR count). The first-order valence-electron chi connectivity index (χ1n) is 5.28. The molecule has 0 atom stereocenters. The SMILES string of the molecule is O=C(CNc1ccncc1[N+](=O)[O-])NC1CC1. The predicted molar refractivity (Wildman–Crippen MR) is 60.5 cm³/mol. The summed E-state index contributed by atoms with van der Waals surface area (Å²) in [7, 11) is 0. The van der Waals surface area contributed by atoms with E-state index in [1.54, 1.807) is 0 Å². The van der Waals surface area contributed by atoms with Gasteiger partial charge in [-0.05, 0) is 18.9 Å². The molecule has 2 N–H and O–H groups in total. The lowest BCUT2D eigenvalue weighted by atomic mass is 10.3. The minimum atomic E-state index is -0.534. The first kappa shape index (κ1) is 11.3. The van der Waals surface area contributed by atoms with Gasteiger partial charge in [-0.2, -0.15) is 0 Å². The maximum Gasteiger partial charge on any atom is 0.310 e. The number of pyridine rings is 1. The molecule has 0 unspecified atom stereocenters. The molecule has 7 nitrogen and oxygen atoms in total. The molecule has 17 heavy (non-hydrogen) atoms. The van der Waals surface area contributed by atoms with E-state index in [1.807, 2.05) is 0 Å². The summed E-state index contributed by atoms with van der Waals surface area (Å²) < 4.78 is 0. The molecule has 1 aromatic rings. The van der Waals surface area contributed by atoms with Crippen LogP contribution < -0.4 is 10.6 Å². The normalized spacial score (nSPS) is 14.1. The van der Waals surface area contributed by atoms with Crippen LogP contribution >= 0.6 is 0 Å². The number of carbonyl (C=O) groups is 1. The number of rotatable bonds is 5. The van der Waals surface area contributed by atoms with Gasteiger partial charge in [-0.1, -0.05) is 0 Å². The highest BCUT2D eigenvalue weighted by Gasteiger charge is 2.23. The van der Waals surface area contributed by atoms with Gasteiger partial charge in [0.15, 0.2) is 0 Å². The fraction of sp³-hybridized carbons (Fsp3) is 0.400. The zero-order valence-corrected chi connectivity index (χ0v) is 9.05. The number of hydrogen-bond donors (Lipinski definition) is 2. The minimum Gasteiger partial charge on any atom is -0.370 e. The van der Waals surface area contributed by atoms with Crippen LogP contribution in [0.2, 0.25) is 0 Å². The van der Waals surface area contributed by atoms with Crippen molar-refractivity contribution in [3.8, 4) is 0 Å². The van der Waals surface area contributed by atoms with Crippen molar-refractivity contribution in [2.75, 3.05) is 11.9 Å². The highest BCUT2D eigenvalue weighted by Crippen LogP contribution is 2.21. The Bertz CT molecular complexity index is 445. The van der Waals surface area contributed by atoms with Crippen LogP contribution in [0.15, 0.2) is 18.5 Å². The molecule has 0 spiro atoms. The zero-order valence-electron chi connectivity index (χ0n) is 9.05. The average molecular weight is 236 g/mol. The molecule has 0 aliphatic heterocycles. The molecule has 0 radical (unpaired) electrons. The maximum absolute atomic E-state index is 11.4. The second-order valence-electron chi connectivity index (χ2n) is 3.85. The van der Waals surface area contributed by atoms with E-state index in [4.69, 9.17) is 0 Å². The summed E-state index contributed by atoms with van der Waals surface area (Å²) in [5.41, 5.74) is 0.169. The van der Waals surface area contributed by atoms with Crippen molar-refractivity contribution < 1.29 is 9.72 Å². The van der Waals surface area contributed by atoms with Crippen LogP contribution in [0.1, 0.15) is 12.8 Å². The van der Waals surface area contributed by atoms with Crippen molar-refractivity contribution >= 4 is 17.3 Å². The number of nitrogens with one attached hydrogen (secondary N) is 2. The van der Waals surface area contributed by atoms with Crippen molar-refractivity contribution in [2.24, 2.45) is 0 Å². The Hall–Kier alpha value is -2.18. The summed E-state index contributed by atoms with van der Waals surface area (Å²) in [5.74, 6) is -0.154. The van der Waals surface area contributed by atoms with Crippen molar-refractivity contribution in [1.82, 2.24) is 10.3 Å². The lowest BCUT2D eigenvalue weighted by Crippen LogP contribution is -2.31. The fourth-order valence-electron chi connectivity index (χ4n) is 1.36. The van der Waals surface area contributed by atoms with E-state index in [1.165, 1.54) is 12.3 Å². The summed E-state index contributed by atoms with van der Waals surface area (Å²) in [6.07, 6.45) is 4.62. The maximum atomic E-state index is 11.4. The van der Waals surface area contributed by atoms with Gasteiger partial charge in [0, 0.05) is 12.2 Å². The number of nitrogens with zero attached hydrogens (tertiary/aromatic N) is 2. The first-order valence-corrected chi connectivity index (χ1v) is 5.28. The van der Waals surface area contributed by atoms with E-state index in [0.717, 1.165) is 19.0 Å². The molecular weight excluding hydrogens is 224 g/mol. The van der Waals surface area contributed by atoms with Crippen molar-refractivity contribution in [3.63, 3.8) is 0 Å². The highest BCUT2D eigenvalue weighted by molar-refractivity contribution is 5.82. The average Bonchev–Trinajstić information content (AvgIpc) is 3.10. The van der Waals surface area contributed by atoms with Crippen LogP contribution in [-0.4, -0.2) is 28.4 Å². The molecule has 7 heteroatoms. The van der Waals surface area contributed by atoms with Crippen LogP contribution in [-0.2, 0) is 4.79 Å². The van der Waals surface area contributed by atoms with E-state index >= 15 is 0 Å². The summed E-state index contributed by atoms with van der Waals surface area (Å²) in [5, 5.41) is 16.2. The van der Waals surface area contributed by atoms with Gasteiger partial charge in [0.1, 0.15) is 11.9 Å². The van der Waals surface area contributed by atoms with Gasteiger partial charge >= 0.3 is 5.69 Å². The van der Waals surface area contributed by atoms with E-state index in [0.29, 0.717) is 5.69 Å². The topological polar surface area (TPSA) is 97.2 Å². The molecule has 1 saturated carbocycles. The predicted octanol–water partition coefficient (Wildman–Crippen LogP) is 0.680. The van der Waals surface area contributed by atoms with Gasteiger partial charge in [-0.25, -0.2) is 0 Å². The monoisotopic (exact) mass is 236 g/mol. The second-order valence-corrected chi connectivity index (χ2v) is 3.85. The van der Waals surface area contributed by atoms with E-state index in [-0.39, 0.29) is 24.2 Å². The van der Waals surface area contributed by atoms with Crippen molar-refractivity contribution in [3.05, 3.63) is 28.6 Å². The van der Waals surface area contributed by atoms with Gasteiger partial charge in [0.2, 0.25) is 5.91 Å². The number of hydrogen-bond acceptors (Lipinski definition) is 5.